The molecular formula is C17H14N2O4. The second-order valence-electron chi connectivity index (χ2n) is 4.76. The number of carbonyl (C=O) groups excluding carboxylic acids is 1. The monoisotopic (exact) mass is 310 g/mol. The summed E-state index contributed by atoms with van der Waals surface area (Å²) in [6.07, 6.45) is 1.66. The number of hydrogen-bond donors (Lipinski definition) is 2. The van der Waals surface area contributed by atoms with E-state index < -0.39 is 5.91 Å². The van der Waals surface area contributed by atoms with E-state index >= 15 is 0 Å². The van der Waals surface area contributed by atoms with E-state index in [9.17, 15) is 4.79 Å². The van der Waals surface area contributed by atoms with Gasteiger partial charge >= 0.3 is 0 Å². The highest BCUT2D eigenvalue weighted by molar-refractivity contribution is 5.93. The molecule has 0 aliphatic heterocycles. The lowest BCUT2D eigenvalue weighted by Crippen LogP contribution is -2.18. The molecule has 6 nitrogen and oxygen atoms in total. The molecule has 0 aliphatic carbocycles. The van der Waals surface area contributed by atoms with Gasteiger partial charge in [0.05, 0.1) is 12.6 Å². The minimum Gasteiger partial charge on any atom is -0.497 e. The Hall–Kier alpha value is -3.12. The van der Waals surface area contributed by atoms with Gasteiger partial charge in [-0.15, -0.1) is 0 Å². The number of nitrogens with zero attached hydrogens (tertiary/aromatic N) is 1. The van der Waals surface area contributed by atoms with Gasteiger partial charge in [0.1, 0.15) is 17.2 Å². The van der Waals surface area contributed by atoms with Crippen molar-refractivity contribution in [1.29, 1.82) is 0 Å². The molecule has 1 heterocycles. The number of hydrogen-bond acceptors (Lipinski definition) is 5. The number of amides is 1. The SMILES string of the molecule is COc1ccc2c(Oc3ccc(C(=O)NO)cc3)ccnc2c1. The van der Waals surface area contributed by atoms with Gasteiger partial charge in [0.2, 0.25) is 0 Å². The molecule has 23 heavy (non-hydrogen) atoms. The Labute approximate surface area is 132 Å². The predicted molar refractivity (Wildman–Crippen MR) is 84.1 cm³/mol. The number of fused-ring (bicyclic) bond motifs is 1. The molecular weight excluding hydrogens is 296 g/mol. The van der Waals surface area contributed by atoms with E-state index in [4.69, 9.17) is 14.7 Å². The van der Waals surface area contributed by atoms with Crippen LogP contribution in [0.4, 0.5) is 0 Å². The Morgan fingerprint density at radius 3 is 2.52 bits per heavy atom. The van der Waals surface area contributed by atoms with Crippen LogP contribution in [0.1, 0.15) is 10.4 Å². The summed E-state index contributed by atoms with van der Waals surface area (Å²) >= 11 is 0. The van der Waals surface area contributed by atoms with Crippen molar-refractivity contribution >= 4 is 16.8 Å². The van der Waals surface area contributed by atoms with E-state index in [0.717, 1.165) is 16.7 Å². The van der Waals surface area contributed by atoms with Gasteiger partial charge in [-0.2, -0.15) is 0 Å². The van der Waals surface area contributed by atoms with E-state index in [1.165, 1.54) is 0 Å². The minimum atomic E-state index is -0.571. The van der Waals surface area contributed by atoms with Crippen LogP contribution in [0.15, 0.2) is 54.7 Å². The van der Waals surface area contributed by atoms with Crippen LogP contribution in [0.25, 0.3) is 10.9 Å². The third-order valence-corrected chi connectivity index (χ3v) is 3.36. The van der Waals surface area contributed by atoms with Gasteiger partial charge in [-0.1, -0.05) is 0 Å². The molecule has 0 fully saturated rings. The summed E-state index contributed by atoms with van der Waals surface area (Å²) in [7, 11) is 1.60. The van der Waals surface area contributed by atoms with Gasteiger partial charge in [-0.05, 0) is 42.5 Å². The number of benzene rings is 2. The number of ether oxygens (including phenoxy) is 2. The van der Waals surface area contributed by atoms with Gasteiger partial charge in [0, 0.05) is 23.2 Å². The highest BCUT2D eigenvalue weighted by atomic mass is 16.5. The highest BCUT2D eigenvalue weighted by Gasteiger charge is 2.07. The zero-order chi connectivity index (χ0) is 16.2. The maximum atomic E-state index is 11.3. The molecule has 2 aromatic carbocycles. The number of rotatable bonds is 4. The van der Waals surface area contributed by atoms with Crippen molar-refractivity contribution in [3.63, 3.8) is 0 Å². The first-order valence-corrected chi connectivity index (χ1v) is 6.86. The van der Waals surface area contributed by atoms with Crippen LogP contribution in [0.3, 0.4) is 0 Å². The van der Waals surface area contributed by atoms with Crippen LogP contribution in [0.2, 0.25) is 0 Å². The first-order valence-electron chi connectivity index (χ1n) is 6.86. The van der Waals surface area contributed by atoms with E-state index in [-0.39, 0.29) is 0 Å². The topological polar surface area (TPSA) is 80.7 Å². The lowest BCUT2D eigenvalue weighted by Gasteiger charge is -2.10. The van der Waals surface area contributed by atoms with Crippen LogP contribution in [0, 0.1) is 0 Å². The first-order chi connectivity index (χ1) is 11.2. The van der Waals surface area contributed by atoms with Crippen molar-refractivity contribution in [2.45, 2.75) is 0 Å². The number of carbonyl (C=O) groups is 1. The second kappa shape index (κ2) is 6.33. The van der Waals surface area contributed by atoms with Gasteiger partial charge in [0.15, 0.2) is 0 Å². The van der Waals surface area contributed by atoms with Crippen molar-refractivity contribution in [2.24, 2.45) is 0 Å². The van der Waals surface area contributed by atoms with E-state index in [2.05, 4.69) is 4.98 Å². The average Bonchev–Trinajstić information content (AvgIpc) is 2.61. The first kappa shape index (κ1) is 14.8. The standard InChI is InChI=1S/C17H14N2O4/c1-22-13-6-7-14-15(10-13)18-9-8-16(14)23-12-4-2-11(3-5-12)17(20)19-21/h2-10,21H,1H3,(H,19,20). The molecule has 6 heteroatoms. The van der Waals surface area contributed by atoms with Crippen LogP contribution < -0.4 is 15.0 Å². The van der Waals surface area contributed by atoms with Crippen LogP contribution in [-0.2, 0) is 0 Å². The molecule has 0 spiro atoms. The van der Waals surface area contributed by atoms with Crippen LogP contribution >= 0.6 is 0 Å². The Bertz CT molecular complexity index is 847. The van der Waals surface area contributed by atoms with Crippen molar-refractivity contribution in [3.8, 4) is 17.2 Å². The second-order valence-corrected chi connectivity index (χ2v) is 4.76. The third-order valence-electron chi connectivity index (χ3n) is 3.36. The Kier molecular flexibility index (Phi) is 4.07. The lowest BCUT2D eigenvalue weighted by molar-refractivity contribution is 0.0706. The van der Waals surface area contributed by atoms with Crippen molar-refractivity contribution in [3.05, 3.63) is 60.3 Å². The summed E-state index contributed by atoms with van der Waals surface area (Å²) in [6.45, 7) is 0. The third kappa shape index (κ3) is 3.07. The molecule has 0 atom stereocenters. The molecule has 1 amide bonds. The van der Waals surface area contributed by atoms with Crippen LogP contribution in [-0.4, -0.2) is 23.2 Å². The van der Waals surface area contributed by atoms with Crippen LogP contribution in [0.5, 0.6) is 17.2 Å². The normalized spacial score (nSPS) is 10.3. The number of methoxy groups -OCH3 is 1. The smallest absolute Gasteiger partial charge is 0.274 e. The molecule has 1 aromatic heterocycles. The van der Waals surface area contributed by atoms with E-state index in [0.29, 0.717) is 17.1 Å². The minimum absolute atomic E-state index is 0.337. The summed E-state index contributed by atoms with van der Waals surface area (Å²) in [4.78, 5) is 15.6. The lowest BCUT2D eigenvalue weighted by atomic mass is 10.2. The fourth-order valence-corrected chi connectivity index (χ4v) is 2.18. The molecule has 0 bridgehead atoms. The number of pyridine rings is 1. The van der Waals surface area contributed by atoms with Gasteiger partial charge in [-0.3, -0.25) is 15.0 Å². The summed E-state index contributed by atoms with van der Waals surface area (Å²) in [6, 6.07) is 13.7. The Balaban J connectivity index is 1.90. The van der Waals surface area contributed by atoms with E-state index in [1.54, 1.807) is 49.1 Å². The molecule has 3 rings (SSSR count). The Morgan fingerprint density at radius 2 is 1.83 bits per heavy atom. The fourth-order valence-electron chi connectivity index (χ4n) is 2.18. The Morgan fingerprint density at radius 1 is 1.09 bits per heavy atom. The van der Waals surface area contributed by atoms with Gasteiger partial charge in [0.25, 0.3) is 5.91 Å². The quantitative estimate of drug-likeness (QED) is 0.571. The summed E-state index contributed by atoms with van der Waals surface area (Å²) < 4.78 is 11.0. The highest BCUT2D eigenvalue weighted by Crippen LogP contribution is 2.30. The van der Waals surface area contributed by atoms with Crippen molar-refractivity contribution in [1.82, 2.24) is 10.5 Å². The number of nitrogens with one attached hydrogen (secondary N) is 1. The van der Waals surface area contributed by atoms with Crippen molar-refractivity contribution in [2.75, 3.05) is 7.11 Å². The number of hydroxylamine groups is 1. The summed E-state index contributed by atoms with van der Waals surface area (Å²) in [5.74, 6) is 1.37. The predicted octanol–water partition coefficient (Wildman–Crippen LogP) is 3.15. The summed E-state index contributed by atoms with van der Waals surface area (Å²) in [5.41, 5.74) is 2.68. The average molecular weight is 310 g/mol. The van der Waals surface area contributed by atoms with Gasteiger partial charge < -0.3 is 9.47 Å². The molecule has 0 radical (unpaired) electrons. The molecule has 0 saturated carbocycles. The zero-order valence-electron chi connectivity index (χ0n) is 12.3. The number of aromatic nitrogens is 1. The zero-order valence-corrected chi connectivity index (χ0v) is 12.3. The van der Waals surface area contributed by atoms with Gasteiger partial charge in [-0.25, -0.2) is 5.48 Å². The maximum Gasteiger partial charge on any atom is 0.274 e. The molecule has 0 saturated heterocycles. The molecule has 116 valence electrons. The van der Waals surface area contributed by atoms with Crippen molar-refractivity contribution < 1.29 is 19.5 Å². The molecule has 2 N–H and O–H groups in total. The maximum absolute atomic E-state index is 11.3. The fraction of sp³-hybridized carbons (Fsp3) is 0.0588. The molecule has 0 aliphatic rings. The van der Waals surface area contributed by atoms with E-state index in [1.807, 2.05) is 18.2 Å². The largest absolute Gasteiger partial charge is 0.497 e. The molecule has 3 aromatic rings. The summed E-state index contributed by atoms with van der Waals surface area (Å²) in [5, 5.41) is 9.46. The molecule has 0 unspecified atom stereocenters.